The molecule has 0 unspecified atom stereocenters. The first-order valence-electron chi connectivity index (χ1n) is 5.35. The van der Waals surface area contributed by atoms with Crippen LogP contribution in [0, 0.1) is 0 Å². The maximum Gasteiger partial charge on any atom is 0.264 e. The van der Waals surface area contributed by atoms with Crippen molar-refractivity contribution in [2.24, 2.45) is 0 Å². The number of nitrogens with zero attached hydrogens (tertiary/aromatic N) is 2. The molecule has 0 saturated carbocycles. The maximum atomic E-state index is 12.0. The number of nitrogens with one attached hydrogen (secondary N) is 1. The molecule has 0 atom stereocenters. The molecule has 1 heterocycles. The summed E-state index contributed by atoms with van der Waals surface area (Å²) in [7, 11) is -8.62. The minimum atomic E-state index is -4.69. The molecule has 0 aliphatic carbocycles. The van der Waals surface area contributed by atoms with Crippen LogP contribution in [-0.2, 0) is 20.1 Å². The van der Waals surface area contributed by atoms with E-state index < -0.39 is 25.0 Å². The van der Waals surface area contributed by atoms with Gasteiger partial charge >= 0.3 is 0 Å². The van der Waals surface area contributed by atoms with E-state index in [0.717, 1.165) is 12.4 Å². The summed E-state index contributed by atoms with van der Waals surface area (Å²) in [5.74, 6) is -0.362. The van der Waals surface area contributed by atoms with E-state index in [1.54, 1.807) is 0 Å². The maximum absolute atomic E-state index is 12.0. The molecule has 21 heavy (non-hydrogen) atoms. The van der Waals surface area contributed by atoms with Gasteiger partial charge < -0.3 is 10.3 Å². The Bertz CT molecular complexity index is 845. The first kappa shape index (κ1) is 15.2. The largest absolute Gasteiger partial charge is 0.744 e. The first-order chi connectivity index (χ1) is 9.68. The normalized spacial score (nSPS) is 12.0. The summed E-state index contributed by atoms with van der Waals surface area (Å²) >= 11 is 0. The van der Waals surface area contributed by atoms with Crippen LogP contribution in [0.15, 0.2) is 46.5 Å². The third-order valence-corrected chi connectivity index (χ3v) is 4.47. The van der Waals surface area contributed by atoms with E-state index in [2.05, 4.69) is 9.97 Å². The highest BCUT2D eigenvalue weighted by molar-refractivity contribution is 7.92. The number of nitrogens with two attached hydrogens (primary N) is 1. The number of benzene rings is 1. The van der Waals surface area contributed by atoms with E-state index in [-0.39, 0.29) is 10.8 Å². The van der Waals surface area contributed by atoms with Gasteiger partial charge in [0.2, 0.25) is 5.95 Å². The highest BCUT2D eigenvalue weighted by Crippen LogP contribution is 2.15. The lowest BCUT2D eigenvalue weighted by atomic mass is 10.3. The average Bonchev–Trinajstić information content (AvgIpc) is 2.38. The Labute approximate surface area is 120 Å². The third-order valence-electron chi connectivity index (χ3n) is 2.33. The Hall–Kier alpha value is -2.24. The molecule has 0 radical (unpaired) electrons. The second-order valence-electron chi connectivity index (χ2n) is 3.87. The van der Waals surface area contributed by atoms with Crippen LogP contribution >= 0.6 is 0 Å². The fourth-order valence-electron chi connectivity index (χ4n) is 1.32. The second-order valence-corrected chi connectivity index (χ2v) is 6.93. The lowest BCUT2D eigenvalue weighted by Gasteiger charge is -2.08. The molecule has 2 aromatic rings. The van der Waals surface area contributed by atoms with Gasteiger partial charge in [-0.3, -0.25) is 0 Å². The monoisotopic (exact) mass is 329 g/mol. The molecule has 3 N–H and O–H groups in total. The van der Waals surface area contributed by atoms with Gasteiger partial charge in [-0.15, -0.1) is 0 Å². The second kappa shape index (κ2) is 5.27. The SMILES string of the molecule is Nc1ccc(S(=O)(=O)Nc2ncc(S(=O)(=O)[O-])cn2)cc1. The van der Waals surface area contributed by atoms with Gasteiger partial charge in [-0.25, -0.2) is 31.5 Å². The zero-order valence-corrected chi connectivity index (χ0v) is 11.9. The van der Waals surface area contributed by atoms with Crippen molar-refractivity contribution >= 4 is 31.8 Å². The quantitative estimate of drug-likeness (QED) is 0.575. The summed E-state index contributed by atoms with van der Waals surface area (Å²) in [4.78, 5) is 6.21. The molecule has 11 heteroatoms. The summed E-state index contributed by atoms with van der Waals surface area (Å²) < 4.78 is 58.1. The van der Waals surface area contributed by atoms with Crippen LogP contribution in [-0.4, -0.2) is 31.4 Å². The van der Waals surface area contributed by atoms with E-state index in [9.17, 15) is 21.4 Å². The molecule has 0 fully saturated rings. The topological polar surface area (TPSA) is 155 Å². The average molecular weight is 329 g/mol. The van der Waals surface area contributed by atoms with Gasteiger partial charge in [-0.2, -0.15) is 0 Å². The van der Waals surface area contributed by atoms with Crippen molar-refractivity contribution in [3.8, 4) is 0 Å². The van der Waals surface area contributed by atoms with Gasteiger partial charge in [-0.1, -0.05) is 0 Å². The molecule has 1 aromatic heterocycles. The van der Waals surface area contributed by atoms with Crippen molar-refractivity contribution in [1.82, 2.24) is 9.97 Å². The lowest BCUT2D eigenvalue weighted by molar-refractivity contribution is 0.462. The van der Waals surface area contributed by atoms with E-state index in [1.807, 2.05) is 4.72 Å². The zero-order chi connectivity index (χ0) is 15.7. The first-order valence-corrected chi connectivity index (χ1v) is 8.24. The lowest BCUT2D eigenvalue weighted by Crippen LogP contribution is -2.15. The van der Waals surface area contributed by atoms with E-state index >= 15 is 0 Å². The predicted octanol–water partition coefficient (Wildman–Crippen LogP) is -0.236. The van der Waals surface area contributed by atoms with Crippen molar-refractivity contribution in [1.29, 1.82) is 0 Å². The van der Waals surface area contributed by atoms with Crippen LogP contribution in [0.3, 0.4) is 0 Å². The smallest absolute Gasteiger partial charge is 0.264 e. The number of aromatic nitrogens is 2. The van der Waals surface area contributed by atoms with Gasteiger partial charge in [0, 0.05) is 18.1 Å². The Morgan fingerprint density at radius 2 is 1.48 bits per heavy atom. The summed E-state index contributed by atoms with van der Waals surface area (Å²) in [5, 5.41) is 0. The molecule has 0 bridgehead atoms. The molecule has 0 aliphatic heterocycles. The summed E-state index contributed by atoms with van der Waals surface area (Å²) in [6.07, 6.45) is 1.44. The standard InChI is InChI=1S/C10H10N4O5S2/c11-7-1-3-8(4-2-7)20(15,16)14-10-12-5-9(6-13-10)21(17,18)19/h1-6H,11H2,(H,12,13,14)(H,17,18,19)/p-1. The summed E-state index contributed by atoms with van der Waals surface area (Å²) in [6, 6.07) is 5.38. The highest BCUT2D eigenvalue weighted by atomic mass is 32.2. The Balaban J connectivity index is 2.27. The molecule has 0 amide bonds. The molecule has 0 aliphatic rings. The number of sulfonamides is 1. The summed E-state index contributed by atoms with van der Waals surface area (Å²) in [5.41, 5.74) is 5.85. The van der Waals surface area contributed by atoms with Crippen molar-refractivity contribution in [2.75, 3.05) is 10.5 Å². The Kier molecular flexibility index (Phi) is 3.80. The van der Waals surface area contributed by atoms with Gasteiger partial charge in [0.15, 0.2) is 0 Å². The predicted molar refractivity (Wildman–Crippen MR) is 71.7 cm³/mol. The molecule has 9 nitrogen and oxygen atoms in total. The molecule has 1 aromatic carbocycles. The van der Waals surface area contributed by atoms with Crippen LogP contribution in [0.4, 0.5) is 11.6 Å². The van der Waals surface area contributed by atoms with Gasteiger partial charge in [-0.05, 0) is 24.3 Å². The van der Waals surface area contributed by atoms with Crippen LogP contribution in [0.25, 0.3) is 0 Å². The molecular weight excluding hydrogens is 320 g/mol. The third kappa shape index (κ3) is 3.65. The van der Waals surface area contributed by atoms with Crippen molar-refractivity contribution < 1.29 is 21.4 Å². The Morgan fingerprint density at radius 1 is 0.952 bits per heavy atom. The van der Waals surface area contributed by atoms with Crippen molar-refractivity contribution in [3.63, 3.8) is 0 Å². The van der Waals surface area contributed by atoms with Crippen LogP contribution in [0.5, 0.6) is 0 Å². The number of hydrogen-bond acceptors (Lipinski definition) is 8. The number of hydrogen-bond donors (Lipinski definition) is 2. The number of nitrogen functional groups attached to an aromatic ring is 1. The molecule has 0 saturated heterocycles. The number of anilines is 2. The van der Waals surface area contributed by atoms with Crippen molar-refractivity contribution in [2.45, 2.75) is 9.79 Å². The van der Waals surface area contributed by atoms with E-state index in [1.165, 1.54) is 24.3 Å². The van der Waals surface area contributed by atoms with Gasteiger partial charge in [0.25, 0.3) is 10.0 Å². The van der Waals surface area contributed by atoms with E-state index in [0.29, 0.717) is 5.69 Å². The van der Waals surface area contributed by atoms with Crippen molar-refractivity contribution in [3.05, 3.63) is 36.7 Å². The fraction of sp³-hybridized carbons (Fsp3) is 0. The fourth-order valence-corrected chi connectivity index (χ4v) is 2.65. The minimum Gasteiger partial charge on any atom is -0.744 e. The van der Waals surface area contributed by atoms with Crippen LogP contribution in [0.2, 0.25) is 0 Å². The molecular formula is C10H9N4O5S2-. The molecule has 112 valence electrons. The minimum absolute atomic E-state index is 0.0687. The molecule has 0 spiro atoms. The zero-order valence-electron chi connectivity index (χ0n) is 10.3. The molecule has 2 rings (SSSR count). The Morgan fingerprint density at radius 3 is 1.95 bits per heavy atom. The van der Waals surface area contributed by atoms with E-state index in [4.69, 9.17) is 5.73 Å². The number of rotatable bonds is 4. The van der Waals surface area contributed by atoms with Gasteiger partial charge in [0.05, 0.1) is 9.79 Å². The summed E-state index contributed by atoms with van der Waals surface area (Å²) in [6.45, 7) is 0. The van der Waals surface area contributed by atoms with Crippen LogP contribution in [0.1, 0.15) is 0 Å². The highest BCUT2D eigenvalue weighted by Gasteiger charge is 2.15. The van der Waals surface area contributed by atoms with Crippen LogP contribution < -0.4 is 10.5 Å². The van der Waals surface area contributed by atoms with Gasteiger partial charge in [0.1, 0.15) is 10.1 Å².